The summed E-state index contributed by atoms with van der Waals surface area (Å²) in [7, 11) is 0. The molecule has 0 N–H and O–H groups in total. The zero-order chi connectivity index (χ0) is 8.60. The summed E-state index contributed by atoms with van der Waals surface area (Å²) in [5.74, 6) is 0. The van der Waals surface area contributed by atoms with Gasteiger partial charge in [-0.3, -0.25) is 0 Å². The first kappa shape index (κ1) is 7.56. The van der Waals surface area contributed by atoms with Crippen LogP contribution in [0.2, 0.25) is 0 Å². The number of benzene rings is 1. The van der Waals surface area contributed by atoms with E-state index in [1.165, 1.54) is 0 Å². The highest BCUT2D eigenvalue weighted by atomic mass is 16.3. The smallest absolute Gasteiger partial charge is 0.147 e. The van der Waals surface area contributed by atoms with Crippen LogP contribution >= 0.6 is 0 Å². The summed E-state index contributed by atoms with van der Waals surface area (Å²) >= 11 is 0. The Hall–Kier alpha value is -1.08. The van der Waals surface area contributed by atoms with Crippen LogP contribution in [-0.2, 0) is 10.7 Å². The van der Waals surface area contributed by atoms with Crippen molar-refractivity contribution in [1.29, 1.82) is 0 Å². The topological polar surface area (TPSA) is 19.9 Å². The van der Waals surface area contributed by atoms with E-state index < -0.39 is 5.60 Å². The van der Waals surface area contributed by atoms with Crippen molar-refractivity contribution in [3.05, 3.63) is 41.5 Å². The first-order valence-corrected chi connectivity index (χ1v) is 4.25. The quantitative estimate of drug-likeness (QED) is 0.600. The van der Waals surface area contributed by atoms with Crippen LogP contribution in [0.4, 0.5) is 0 Å². The normalized spacial score (nSPS) is 25.8. The third kappa shape index (κ3) is 0.901. The second-order valence-electron chi connectivity index (χ2n) is 3.16. The zero-order valence-electron chi connectivity index (χ0n) is 7.08. The number of rotatable bonds is 1. The summed E-state index contributed by atoms with van der Waals surface area (Å²) in [4.78, 5) is 0. The Morgan fingerprint density at radius 1 is 1.33 bits per heavy atom. The predicted molar refractivity (Wildman–Crippen MR) is 48.1 cm³/mol. The predicted octanol–water partition coefficient (Wildman–Crippen LogP) is 2.75. The summed E-state index contributed by atoms with van der Waals surface area (Å²) in [6.45, 7) is 1.93. The molecule has 2 rings (SSSR count). The minimum atomic E-state index is -0.962. The maximum absolute atomic E-state index is 12.0. The molecular weight excluding hydrogens is 148 g/mol. The first-order valence-electron chi connectivity index (χ1n) is 4.25. The fourth-order valence-electron chi connectivity index (χ4n) is 1.65. The molecule has 1 unspecified atom stereocenters. The lowest BCUT2D eigenvalue weighted by Crippen LogP contribution is -2.17. The summed E-state index contributed by atoms with van der Waals surface area (Å²) in [6, 6.07) is 7.80. The zero-order valence-corrected chi connectivity index (χ0v) is 7.08. The van der Waals surface area contributed by atoms with Gasteiger partial charge in [-0.1, -0.05) is 37.3 Å². The summed E-state index contributed by atoms with van der Waals surface area (Å²) in [5.41, 5.74) is 1.04. The second-order valence-corrected chi connectivity index (χ2v) is 3.16. The van der Waals surface area contributed by atoms with Crippen molar-refractivity contribution < 1.29 is 5.11 Å². The Morgan fingerprint density at radius 2 is 2.08 bits per heavy atom. The molecule has 1 aliphatic rings. The van der Waals surface area contributed by atoms with Gasteiger partial charge in [0.2, 0.25) is 0 Å². The molecule has 0 saturated heterocycles. The van der Waals surface area contributed by atoms with Crippen molar-refractivity contribution in [3.8, 4) is 0 Å². The number of fused-ring (bicyclic) bond motifs is 1. The maximum Gasteiger partial charge on any atom is 0.147 e. The van der Waals surface area contributed by atoms with Crippen molar-refractivity contribution in [3.63, 3.8) is 0 Å². The number of hydrogen-bond acceptors (Lipinski definition) is 0. The summed E-state index contributed by atoms with van der Waals surface area (Å²) in [5, 5.41) is 12.0. The van der Waals surface area contributed by atoms with Crippen LogP contribution < -0.4 is 0 Å². The van der Waals surface area contributed by atoms with E-state index in [0.717, 1.165) is 11.1 Å². The molecule has 61 valence electrons. The molecule has 1 atom stereocenters. The molecule has 1 aliphatic carbocycles. The van der Waals surface area contributed by atoms with Gasteiger partial charge in [-0.05, 0) is 23.6 Å². The van der Waals surface area contributed by atoms with Gasteiger partial charge in [-0.15, -0.1) is 0 Å². The van der Waals surface area contributed by atoms with E-state index in [4.69, 9.17) is 0 Å². The van der Waals surface area contributed by atoms with Gasteiger partial charge in [-0.2, -0.15) is 0 Å². The minimum Gasteiger partial charge on any atom is -0.220 e. The lowest BCUT2D eigenvalue weighted by atomic mass is 9.94. The van der Waals surface area contributed by atoms with E-state index in [1.807, 2.05) is 37.3 Å². The van der Waals surface area contributed by atoms with E-state index in [2.05, 4.69) is 0 Å². The Balaban J connectivity index is 2.56. The van der Waals surface area contributed by atoms with Gasteiger partial charge in [0.1, 0.15) is 5.60 Å². The Morgan fingerprint density at radius 3 is 2.83 bits per heavy atom. The van der Waals surface area contributed by atoms with Gasteiger partial charge in [0.25, 0.3) is 0 Å². The van der Waals surface area contributed by atoms with Crippen molar-refractivity contribution in [2.75, 3.05) is 0 Å². The van der Waals surface area contributed by atoms with E-state index in [9.17, 15) is 5.11 Å². The van der Waals surface area contributed by atoms with E-state index in [1.54, 1.807) is 6.08 Å². The molecule has 0 bridgehead atoms. The Bertz CT molecular complexity index is 328. The van der Waals surface area contributed by atoms with E-state index >= 15 is 0 Å². The van der Waals surface area contributed by atoms with Gasteiger partial charge in [-0.25, -0.2) is 5.11 Å². The molecule has 1 nitrogen and oxygen atoms in total. The third-order valence-electron chi connectivity index (χ3n) is 2.47. The van der Waals surface area contributed by atoms with Crippen LogP contribution in [0.5, 0.6) is 0 Å². The van der Waals surface area contributed by atoms with Crippen molar-refractivity contribution >= 4 is 6.08 Å². The standard InChI is InChI=1S/C11H11O/c1-2-11(12)8-7-9-5-3-4-6-10(9)11/h3-8H,2H2,1H3. The van der Waals surface area contributed by atoms with Crippen LogP contribution in [0, 0.1) is 0 Å². The maximum atomic E-state index is 12.0. The average molecular weight is 159 g/mol. The molecule has 1 aromatic carbocycles. The third-order valence-corrected chi connectivity index (χ3v) is 2.47. The largest absolute Gasteiger partial charge is 0.220 e. The fraction of sp³-hybridized carbons (Fsp3) is 0.273. The summed E-state index contributed by atoms with van der Waals surface area (Å²) in [6.07, 6.45) is 4.31. The molecule has 0 saturated carbocycles. The van der Waals surface area contributed by atoms with Crippen LogP contribution in [0.15, 0.2) is 30.3 Å². The van der Waals surface area contributed by atoms with Gasteiger partial charge in [0.15, 0.2) is 0 Å². The molecular formula is C11H11O. The van der Waals surface area contributed by atoms with E-state index in [-0.39, 0.29) is 0 Å². The van der Waals surface area contributed by atoms with E-state index in [0.29, 0.717) is 6.42 Å². The van der Waals surface area contributed by atoms with Gasteiger partial charge < -0.3 is 0 Å². The highest BCUT2D eigenvalue weighted by Gasteiger charge is 2.31. The monoisotopic (exact) mass is 159 g/mol. The Kier molecular flexibility index (Phi) is 1.55. The van der Waals surface area contributed by atoms with Crippen LogP contribution in [0.3, 0.4) is 0 Å². The minimum absolute atomic E-state index is 0.626. The SMILES string of the molecule is CCC1([O])C=Cc2ccccc21. The highest BCUT2D eigenvalue weighted by Crippen LogP contribution is 2.36. The highest BCUT2D eigenvalue weighted by molar-refractivity contribution is 5.63. The summed E-state index contributed by atoms with van der Waals surface area (Å²) < 4.78 is 0. The van der Waals surface area contributed by atoms with Crippen LogP contribution in [-0.4, -0.2) is 0 Å². The molecule has 0 aliphatic heterocycles. The molecule has 12 heavy (non-hydrogen) atoms. The molecule has 0 fully saturated rings. The molecule has 1 aromatic rings. The molecule has 0 aromatic heterocycles. The molecule has 0 spiro atoms. The average Bonchev–Trinajstić information content (AvgIpc) is 2.46. The lowest BCUT2D eigenvalue weighted by molar-refractivity contribution is 0.00978. The Labute approximate surface area is 72.4 Å². The van der Waals surface area contributed by atoms with Crippen molar-refractivity contribution in [2.24, 2.45) is 0 Å². The molecule has 1 heteroatoms. The van der Waals surface area contributed by atoms with Crippen molar-refractivity contribution in [2.45, 2.75) is 18.9 Å². The molecule has 0 amide bonds. The fourth-order valence-corrected chi connectivity index (χ4v) is 1.65. The molecule has 1 radical (unpaired) electrons. The van der Waals surface area contributed by atoms with Gasteiger partial charge in [0, 0.05) is 0 Å². The lowest BCUT2D eigenvalue weighted by Gasteiger charge is -2.16. The van der Waals surface area contributed by atoms with Crippen molar-refractivity contribution in [1.82, 2.24) is 0 Å². The van der Waals surface area contributed by atoms with Gasteiger partial charge in [0.05, 0.1) is 0 Å². The van der Waals surface area contributed by atoms with Crippen LogP contribution in [0.1, 0.15) is 24.5 Å². The van der Waals surface area contributed by atoms with Gasteiger partial charge >= 0.3 is 0 Å². The van der Waals surface area contributed by atoms with Crippen LogP contribution in [0.25, 0.3) is 6.08 Å². The first-order chi connectivity index (χ1) is 5.76. The number of hydrogen-bond donors (Lipinski definition) is 0. The molecule has 0 heterocycles. The second kappa shape index (κ2) is 2.46.